The maximum Gasteiger partial charge on any atom is 0.170 e. The summed E-state index contributed by atoms with van der Waals surface area (Å²) >= 11 is 9.37. The molecule has 3 aromatic rings. The third-order valence-electron chi connectivity index (χ3n) is 5.29. The number of nitrogens with one attached hydrogen (secondary N) is 1. The average molecular weight is 485 g/mol. The Morgan fingerprint density at radius 3 is 2.73 bits per heavy atom. The highest BCUT2D eigenvalue weighted by molar-refractivity contribution is 9.10. The molecule has 4 rings (SSSR count). The van der Waals surface area contributed by atoms with Gasteiger partial charge in [-0.2, -0.15) is 0 Å². The normalized spacial score (nSPS) is 18.8. The van der Waals surface area contributed by atoms with Gasteiger partial charge in [0.05, 0.1) is 11.7 Å². The average Bonchev–Trinajstić information content (AvgIpc) is 3.31. The summed E-state index contributed by atoms with van der Waals surface area (Å²) in [7, 11) is 4.13. The standard InChI is InChI=1S/C23H25BrN4OS/c1-15-7-8-16(17(24)14-15)19-9-10-20(29-19)22-21(18-6-4-5-11-25-18)26-23(30)28(22)13-12-27(2)3/h4-11,14,21-22H,12-13H2,1-3H3,(H,26,30)/t21-,22+/m0/s1. The van der Waals surface area contributed by atoms with E-state index in [0.717, 1.165) is 45.5 Å². The van der Waals surface area contributed by atoms with Gasteiger partial charge in [-0.25, -0.2) is 0 Å². The molecule has 0 aliphatic carbocycles. The van der Waals surface area contributed by atoms with E-state index < -0.39 is 0 Å². The van der Waals surface area contributed by atoms with Crippen LogP contribution in [0.15, 0.2) is 63.6 Å². The van der Waals surface area contributed by atoms with Crippen molar-refractivity contribution in [2.24, 2.45) is 0 Å². The van der Waals surface area contributed by atoms with Crippen molar-refractivity contribution >= 4 is 33.3 Å². The van der Waals surface area contributed by atoms with E-state index in [1.165, 1.54) is 5.56 Å². The summed E-state index contributed by atoms with van der Waals surface area (Å²) in [6.07, 6.45) is 1.82. The Bertz CT molecular complexity index is 1040. The number of hydrogen-bond donors (Lipinski definition) is 1. The first-order valence-electron chi connectivity index (χ1n) is 9.93. The lowest BCUT2D eigenvalue weighted by Crippen LogP contribution is -2.35. The predicted octanol–water partition coefficient (Wildman–Crippen LogP) is 4.95. The Hall–Kier alpha value is -2.22. The quantitative estimate of drug-likeness (QED) is 0.499. The highest BCUT2D eigenvalue weighted by Gasteiger charge is 2.41. The number of furan rings is 1. The topological polar surface area (TPSA) is 44.5 Å². The Labute approximate surface area is 191 Å². The van der Waals surface area contributed by atoms with Gasteiger partial charge in [-0.1, -0.05) is 28.1 Å². The molecule has 30 heavy (non-hydrogen) atoms. The van der Waals surface area contributed by atoms with Crippen molar-refractivity contribution in [2.75, 3.05) is 27.2 Å². The minimum atomic E-state index is -0.0682. The minimum Gasteiger partial charge on any atom is -0.459 e. The van der Waals surface area contributed by atoms with Crippen molar-refractivity contribution in [3.8, 4) is 11.3 Å². The second-order valence-corrected chi connectivity index (χ2v) is 9.05. The van der Waals surface area contributed by atoms with Crippen LogP contribution >= 0.6 is 28.1 Å². The van der Waals surface area contributed by atoms with Crippen LogP contribution in [0.1, 0.15) is 29.1 Å². The fourth-order valence-corrected chi connectivity index (χ4v) is 4.76. The zero-order valence-corrected chi connectivity index (χ0v) is 19.7. The molecule has 0 spiro atoms. The van der Waals surface area contributed by atoms with Gasteiger partial charge in [0.25, 0.3) is 0 Å². The number of benzene rings is 1. The largest absolute Gasteiger partial charge is 0.459 e. The first kappa shape index (κ1) is 21.0. The number of halogens is 1. The number of likely N-dealkylation sites (N-methyl/N-ethyl adjacent to an activating group) is 1. The Balaban J connectivity index is 1.71. The third-order valence-corrected chi connectivity index (χ3v) is 6.30. The van der Waals surface area contributed by atoms with Crippen LogP contribution in [0.25, 0.3) is 11.3 Å². The highest BCUT2D eigenvalue weighted by atomic mass is 79.9. The summed E-state index contributed by atoms with van der Waals surface area (Å²) in [4.78, 5) is 8.95. The molecule has 0 bridgehead atoms. The molecule has 7 heteroatoms. The van der Waals surface area contributed by atoms with Crippen LogP contribution in [-0.2, 0) is 0 Å². The summed E-state index contributed by atoms with van der Waals surface area (Å²) in [6.45, 7) is 3.77. The van der Waals surface area contributed by atoms with Crippen molar-refractivity contribution < 1.29 is 4.42 Å². The molecular weight excluding hydrogens is 460 g/mol. The molecule has 2 atom stereocenters. The predicted molar refractivity (Wildman–Crippen MR) is 127 cm³/mol. The summed E-state index contributed by atoms with van der Waals surface area (Å²) in [5.41, 5.74) is 3.19. The number of aryl methyl sites for hydroxylation is 1. The van der Waals surface area contributed by atoms with Crippen LogP contribution in [0.2, 0.25) is 0 Å². The Kier molecular flexibility index (Phi) is 6.22. The Morgan fingerprint density at radius 2 is 2.03 bits per heavy atom. The lowest BCUT2D eigenvalue weighted by atomic mass is 10.0. The van der Waals surface area contributed by atoms with Gasteiger partial charge in [0.2, 0.25) is 0 Å². The number of nitrogens with zero attached hydrogens (tertiary/aromatic N) is 3. The number of pyridine rings is 1. The molecule has 156 valence electrons. The lowest BCUT2D eigenvalue weighted by molar-refractivity contribution is 0.250. The number of thiocarbonyl (C=S) groups is 1. The van der Waals surface area contributed by atoms with Gasteiger partial charge in [0.15, 0.2) is 5.11 Å². The van der Waals surface area contributed by atoms with Crippen LogP contribution in [-0.4, -0.2) is 47.1 Å². The van der Waals surface area contributed by atoms with E-state index in [1.807, 2.05) is 30.5 Å². The van der Waals surface area contributed by atoms with Crippen molar-refractivity contribution in [2.45, 2.75) is 19.0 Å². The summed E-state index contributed by atoms with van der Waals surface area (Å²) in [6, 6.07) is 16.2. The summed E-state index contributed by atoms with van der Waals surface area (Å²) in [5, 5.41) is 4.20. The van der Waals surface area contributed by atoms with Crippen LogP contribution in [0.3, 0.4) is 0 Å². The second kappa shape index (κ2) is 8.88. The smallest absolute Gasteiger partial charge is 0.170 e. The molecule has 2 aromatic heterocycles. The fourth-order valence-electron chi connectivity index (χ4n) is 3.74. The maximum absolute atomic E-state index is 6.40. The van der Waals surface area contributed by atoms with E-state index in [1.54, 1.807) is 0 Å². The summed E-state index contributed by atoms with van der Waals surface area (Å²) in [5.74, 6) is 1.71. The van der Waals surface area contributed by atoms with Gasteiger partial charge < -0.3 is 19.5 Å². The highest BCUT2D eigenvalue weighted by Crippen LogP contribution is 2.41. The van der Waals surface area contributed by atoms with E-state index in [0.29, 0.717) is 0 Å². The molecule has 5 nitrogen and oxygen atoms in total. The second-order valence-electron chi connectivity index (χ2n) is 7.81. The van der Waals surface area contributed by atoms with Gasteiger partial charge in [-0.05, 0) is 75.2 Å². The first-order chi connectivity index (χ1) is 14.4. The van der Waals surface area contributed by atoms with Crippen LogP contribution in [0.4, 0.5) is 0 Å². The van der Waals surface area contributed by atoms with E-state index >= 15 is 0 Å². The number of aromatic nitrogens is 1. The van der Waals surface area contributed by atoms with Crippen LogP contribution in [0.5, 0.6) is 0 Å². The zero-order chi connectivity index (χ0) is 21.3. The van der Waals surface area contributed by atoms with Crippen LogP contribution < -0.4 is 5.32 Å². The van der Waals surface area contributed by atoms with E-state index in [-0.39, 0.29) is 12.1 Å². The van der Waals surface area contributed by atoms with Crippen LogP contribution in [0, 0.1) is 6.92 Å². The maximum atomic E-state index is 6.40. The SMILES string of the molecule is Cc1ccc(-c2ccc([C@@H]3[C@H](c4ccccn4)NC(=S)N3CCN(C)C)o2)c(Br)c1. The van der Waals surface area contributed by atoms with Gasteiger partial charge in [0.1, 0.15) is 17.6 Å². The van der Waals surface area contributed by atoms with E-state index in [4.69, 9.17) is 16.6 Å². The van der Waals surface area contributed by atoms with Gasteiger partial charge in [0, 0.05) is 29.3 Å². The minimum absolute atomic E-state index is 0.0645. The number of hydrogen-bond acceptors (Lipinski definition) is 4. The molecule has 1 aliphatic heterocycles. The molecule has 0 radical (unpaired) electrons. The van der Waals surface area contributed by atoms with Gasteiger partial charge in [-0.15, -0.1) is 0 Å². The van der Waals surface area contributed by atoms with E-state index in [9.17, 15) is 0 Å². The molecule has 1 saturated heterocycles. The zero-order valence-electron chi connectivity index (χ0n) is 17.3. The lowest BCUT2D eigenvalue weighted by Gasteiger charge is -2.27. The first-order valence-corrected chi connectivity index (χ1v) is 11.1. The monoisotopic (exact) mass is 484 g/mol. The molecule has 1 aromatic carbocycles. The fraction of sp³-hybridized carbons (Fsp3) is 0.304. The van der Waals surface area contributed by atoms with Crippen molar-refractivity contribution in [3.05, 3.63) is 76.2 Å². The van der Waals surface area contributed by atoms with Gasteiger partial charge >= 0.3 is 0 Å². The molecule has 3 heterocycles. The van der Waals surface area contributed by atoms with Gasteiger partial charge in [-0.3, -0.25) is 4.98 Å². The van der Waals surface area contributed by atoms with Crippen molar-refractivity contribution in [1.29, 1.82) is 0 Å². The summed E-state index contributed by atoms with van der Waals surface area (Å²) < 4.78 is 7.42. The van der Waals surface area contributed by atoms with Crippen molar-refractivity contribution in [3.63, 3.8) is 0 Å². The van der Waals surface area contributed by atoms with E-state index in [2.05, 4.69) is 81.3 Å². The molecule has 1 N–H and O–H groups in total. The molecule has 0 unspecified atom stereocenters. The molecule has 0 saturated carbocycles. The Morgan fingerprint density at radius 1 is 1.20 bits per heavy atom. The van der Waals surface area contributed by atoms with Crippen molar-refractivity contribution in [1.82, 2.24) is 20.1 Å². The number of rotatable bonds is 6. The molecule has 1 aliphatic rings. The molecule has 1 fully saturated rings. The molecular formula is C23H25BrN4OS. The molecule has 0 amide bonds. The third kappa shape index (κ3) is 4.29.